The molecule has 0 spiro atoms. The normalized spacial score (nSPS) is 33.7. The van der Waals surface area contributed by atoms with Gasteiger partial charge in [-0.05, 0) is 31.2 Å². The number of rotatable bonds is 3. The Labute approximate surface area is 121 Å². The fourth-order valence-electron chi connectivity index (χ4n) is 2.06. The first-order chi connectivity index (χ1) is 9.70. The zero-order chi connectivity index (χ0) is 15.8. The molecule has 1 aliphatic rings. The highest BCUT2D eigenvalue weighted by atomic mass is 32.2. The van der Waals surface area contributed by atoms with E-state index in [0.29, 0.717) is 5.69 Å². The van der Waals surface area contributed by atoms with Crippen LogP contribution in [0.3, 0.4) is 0 Å². The van der Waals surface area contributed by atoms with Crippen LogP contribution in [0.4, 0.5) is 5.69 Å². The molecule has 0 aromatic heterocycles. The van der Waals surface area contributed by atoms with Crippen molar-refractivity contribution in [3.63, 3.8) is 0 Å². The van der Waals surface area contributed by atoms with E-state index in [1.54, 1.807) is 6.92 Å². The van der Waals surface area contributed by atoms with Crippen LogP contribution in [0.15, 0.2) is 29.2 Å². The number of hydrogen-bond acceptors (Lipinski definition) is 7. The number of aliphatic hydroxyl groups is 3. The van der Waals surface area contributed by atoms with E-state index in [4.69, 9.17) is 9.29 Å². The minimum absolute atomic E-state index is 0.262. The van der Waals surface area contributed by atoms with Gasteiger partial charge >= 0.3 is 0 Å². The van der Waals surface area contributed by atoms with E-state index in [1.807, 2.05) is 0 Å². The summed E-state index contributed by atoms with van der Waals surface area (Å²) in [5.74, 6) is 0. The van der Waals surface area contributed by atoms with Gasteiger partial charge in [0.2, 0.25) is 0 Å². The topological polar surface area (TPSA) is 136 Å². The molecule has 0 saturated carbocycles. The summed E-state index contributed by atoms with van der Waals surface area (Å²) in [5.41, 5.74) is 0.419. The van der Waals surface area contributed by atoms with Crippen molar-refractivity contribution in [3.8, 4) is 0 Å². The summed E-state index contributed by atoms with van der Waals surface area (Å²) >= 11 is 0. The van der Waals surface area contributed by atoms with Gasteiger partial charge in [0.05, 0.1) is 11.0 Å². The van der Waals surface area contributed by atoms with Crippen molar-refractivity contribution in [1.29, 1.82) is 0 Å². The second-order valence-electron chi connectivity index (χ2n) is 4.88. The maximum atomic E-state index is 10.9. The SMILES string of the molecule is C[C@@H]1O[C@@H](Nc2ccc(S(=O)(=O)O)cc2)[C@H](O)[C@H](O)[C@H]1O. The third kappa shape index (κ3) is 3.51. The Balaban J connectivity index is 2.11. The summed E-state index contributed by atoms with van der Waals surface area (Å²) in [5, 5.41) is 31.9. The van der Waals surface area contributed by atoms with Gasteiger partial charge in [0, 0.05) is 5.69 Å². The number of hydrogen-bond donors (Lipinski definition) is 5. The lowest BCUT2D eigenvalue weighted by Crippen LogP contribution is -2.58. The van der Waals surface area contributed by atoms with Crippen LogP contribution in [0.25, 0.3) is 0 Å². The molecule has 1 heterocycles. The van der Waals surface area contributed by atoms with E-state index >= 15 is 0 Å². The predicted molar refractivity (Wildman–Crippen MR) is 72.2 cm³/mol. The van der Waals surface area contributed by atoms with Crippen LogP contribution in [-0.4, -0.2) is 58.9 Å². The lowest BCUT2D eigenvalue weighted by molar-refractivity contribution is -0.209. The van der Waals surface area contributed by atoms with Gasteiger partial charge < -0.3 is 25.4 Å². The molecule has 1 aliphatic heterocycles. The summed E-state index contributed by atoms with van der Waals surface area (Å²) in [6.45, 7) is 1.55. The summed E-state index contributed by atoms with van der Waals surface area (Å²) in [7, 11) is -4.27. The monoisotopic (exact) mass is 319 g/mol. The maximum absolute atomic E-state index is 10.9. The third-order valence-corrected chi connectivity index (χ3v) is 4.18. The van der Waals surface area contributed by atoms with E-state index < -0.39 is 40.8 Å². The lowest BCUT2D eigenvalue weighted by atomic mass is 9.99. The molecule has 0 radical (unpaired) electrons. The number of aliphatic hydroxyl groups excluding tert-OH is 3. The van der Waals surface area contributed by atoms with E-state index in [-0.39, 0.29) is 4.90 Å². The van der Waals surface area contributed by atoms with Gasteiger partial charge in [-0.15, -0.1) is 0 Å². The van der Waals surface area contributed by atoms with Crippen LogP contribution in [-0.2, 0) is 14.9 Å². The molecule has 9 heteroatoms. The van der Waals surface area contributed by atoms with Crippen molar-refractivity contribution < 1.29 is 33.0 Å². The Morgan fingerprint density at radius 1 is 1.05 bits per heavy atom. The highest BCUT2D eigenvalue weighted by molar-refractivity contribution is 7.85. The van der Waals surface area contributed by atoms with E-state index in [1.165, 1.54) is 24.3 Å². The lowest BCUT2D eigenvalue weighted by Gasteiger charge is -2.39. The molecule has 8 nitrogen and oxygen atoms in total. The van der Waals surface area contributed by atoms with Crippen molar-refractivity contribution in [2.24, 2.45) is 0 Å². The molecule has 0 amide bonds. The number of ether oxygens (including phenoxy) is 1. The predicted octanol–water partition coefficient (Wildman–Crippen LogP) is -0.827. The van der Waals surface area contributed by atoms with E-state index in [0.717, 1.165) is 0 Å². The minimum atomic E-state index is -4.27. The van der Waals surface area contributed by atoms with Gasteiger partial charge in [0.15, 0.2) is 6.23 Å². The van der Waals surface area contributed by atoms with Crippen LogP contribution in [0.5, 0.6) is 0 Å². The van der Waals surface area contributed by atoms with Crippen molar-refractivity contribution >= 4 is 15.8 Å². The largest absolute Gasteiger partial charge is 0.388 e. The second kappa shape index (κ2) is 5.87. The third-order valence-electron chi connectivity index (χ3n) is 3.31. The summed E-state index contributed by atoms with van der Waals surface area (Å²) < 4.78 is 36.0. The van der Waals surface area contributed by atoms with Gasteiger partial charge in [0.1, 0.15) is 18.3 Å². The van der Waals surface area contributed by atoms with E-state index in [2.05, 4.69) is 5.32 Å². The average molecular weight is 319 g/mol. The first-order valence-corrected chi connectivity index (χ1v) is 7.68. The smallest absolute Gasteiger partial charge is 0.294 e. The Hall–Kier alpha value is -1.23. The molecule has 21 heavy (non-hydrogen) atoms. The highest BCUT2D eigenvalue weighted by Gasteiger charge is 2.41. The highest BCUT2D eigenvalue weighted by Crippen LogP contribution is 2.23. The Morgan fingerprint density at radius 3 is 2.14 bits per heavy atom. The first kappa shape index (κ1) is 16.1. The maximum Gasteiger partial charge on any atom is 0.294 e. The van der Waals surface area contributed by atoms with Crippen molar-refractivity contribution in [2.45, 2.75) is 42.5 Å². The number of benzene rings is 1. The first-order valence-electron chi connectivity index (χ1n) is 6.24. The molecular formula is C12H17NO7S. The van der Waals surface area contributed by atoms with Crippen molar-refractivity contribution in [2.75, 3.05) is 5.32 Å². The molecule has 0 aliphatic carbocycles. The Bertz CT molecular complexity index is 588. The molecular weight excluding hydrogens is 302 g/mol. The van der Waals surface area contributed by atoms with Gasteiger partial charge in [0.25, 0.3) is 10.1 Å². The molecule has 118 valence electrons. The van der Waals surface area contributed by atoms with Crippen LogP contribution in [0, 0.1) is 0 Å². The fourth-order valence-corrected chi connectivity index (χ4v) is 2.54. The standard InChI is InChI=1S/C12H17NO7S/c1-6-9(14)10(15)11(16)12(20-6)13-7-2-4-8(5-3-7)21(17,18)19/h2-6,9-16H,1H3,(H,17,18,19)/t6-,9-,10+,11+,12+/m0/s1. The van der Waals surface area contributed by atoms with Crippen LogP contribution >= 0.6 is 0 Å². The molecule has 5 atom stereocenters. The Kier molecular flexibility index (Phi) is 4.51. The molecule has 2 rings (SSSR count). The van der Waals surface area contributed by atoms with Gasteiger partial charge in [-0.3, -0.25) is 4.55 Å². The van der Waals surface area contributed by atoms with Crippen LogP contribution < -0.4 is 5.32 Å². The zero-order valence-corrected chi connectivity index (χ0v) is 11.9. The molecule has 1 aromatic rings. The quantitative estimate of drug-likeness (QED) is 0.456. The molecule has 1 aromatic carbocycles. The van der Waals surface area contributed by atoms with Gasteiger partial charge in [-0.1, -0.05) is 0 Å². The van der Waals surface area contributed by atoms with E-state index in [9.17, 15) is 23.7 Å². The van der Waals surface area contributed by atoms with Crippen LogP contribution in [0.1, 0.15) is 6.92 Å². The minimum Gasteiger partial charge on any atom is -0.388 e. The number of nitrogens with one attached hydrogen (secondary N) is 1. The van der Waals surface area contributed by atoms with Gasteiger partial charge in [-0.25, -0.2) is 0 Å². The zero-order valence-electron chi connectivity index (χ0n) is 11.1. The number of anilines is 1. The summed E-state index contributed by atoms with van der Waals surface area (Å²) in [4.78, 5) is -0.262. The molecule has 5 N–H and O–H groups in total. The second-order valence-corrected chi connectivity index (χ2v) is 6.30. The Morgan fingerprint density at radius 2 is 1.62 bits per heavy atom. The molecule has 0 bridgehead atoms. The fraction of sp³-hybridized carbons (Fsp3) is 0.500. The molecule has 1 saturated heterocycles. The molecule has 0 unspecified atom stereocenters. The summed E-state index contributed by atoms with van der Waals surface area (Å²) in [6, 6.07) is 5.12. The van der Waals surface area contributed by atoms with Crippen molar-refractivity contribution in [3.05, 3.63) is 24.3 Å². The van der Waals surface area contributed by atoms with Crippen LogP contribution in [0.2, 0.25) is 0 Å². The van der Waals surface area contributed by atoms with Crippen molar-refractivity contribution in [1.82, 2.24) is 0 Å². The average Bonchev–Trinajstić information content (AvgIpc) is 2.42. The summed E-state index contributed by atoms with van der Waals surface area (Å²) in [6.07, 6.45) is -5.55. The molecule has 1 fully saturated rings. The van der Waals surface area contributed by atoms with Gasteiger partial charge in [-0.2, -0.15) is 8.42 Å².